The predicted octanol–water partition coefficient (Wildman–Crippen LogP) is 5.04. The van der Waals surface area contributed by atoms with Crippen molar-refractivity contribution in [2.75, 3.05) is 34.9 Å². The Hall–Kier alpha value is -1.48. The maximum atomic E-state index is 12.0. The number of carbonyl (C=O) groups excluding carboxylic acids is 1. The van der Waals surface area contributed by atoms with E-state index in [1.807, 2.05) is 6.20 Å². The predicted molar refractivity (Wildman–Crippen MR) is 140 cm³/mol. The quantitative estimate of drug-likeness (QED) is 0.305. The second-order valence-electron chi connectivity index (χ2n) is 12.9. The van der Waals surface area contributed by atoms with Gasteiger partial charge in [0.15, 0.2) is 0 Å². The molecular weight excluding hydrogens is 486 g/mol. The molecule has 4 aliphatic rings. The van der Waals surface area contributed by atoms with Gasteiger partial charge in [-0.1, -0.05) is 25.9 Å². The molecule has 0 amide bonds. The molecule has 1 aromatic rings. The van der Waals surface area contributed by atoms with Gasteiger partial charge in [-0.2, -0.15) is 0 Å². The van der Waals surface area contributed by atoms with Crippen LogP contribution in [0.5, 0.6) is 0 Å². The normalized spacial score (nSPS) is 40.5. The molecular formula is C30H47NO7. The van der Waals surface area contributed by atoms with E-state index in [1.54, 1.807) is 14.2 Å². The molecule has 1 heterocycles. The van der Waals surface area contributed by atoms with E-state index in [4.69, 9.17) is 28.2 Å². The number of aromatic nitrogens is 1. The molecule has 5 rings (SSSR count). The van der Waals surface area contributed by atoms with Gasteiger partial charge >= 0.3 is 5.97 Å². The van der Waals surface area contributed by atoms with Gasteiger partial charge in [0.05, 0.1) is 25.5 Å². The zero-order valence-corrected chi connectivity index (χ0v) is 24.1. The van der Waals surface area contributed by atoms with Crippen molar-refractivity contribution in [2.24, 2.45) is 46.3 Å². The molecule has 1 aromatic heterocycles. The largest absolute Gasteiger partial charge is 0.469 e. The van der Waals surface area contributed by atoms with Crippen molar-refractivity contribution in [3.05, 3.63) is 17.5 Å². The monoisotopic (exact) mass is 533 g/mol. The molecule has 0 aromatic carbocycles. The van der Waals surface area contributed by atoms with Crippen molar-refractivity contribution in [3.8, 4) is 0 Å². The maximum absolute atomic E-state index is 12.0. The van der Waals surface area contributed by atoms with Gasteiger partial charge in [-0.05, 0) is 79.4 Å². The number of nitrogens with zero attached hydrogens (tertiary/aromatic N) is 1. The lowest BCUT2D eigenvalue weighted by molar-refractivity contribution is -0.240. The fourth-order valence-corrected chi connectivity index (χ4v) is 9.60. The molecule has 4 aliphatic carbocycles. The highest BCUT2D eigenvalue weighted by Gasteiger charge is 2.66. The second-order valence-corrected chi connectivity index (χ2v) is 12.9. The van der Waals surface area contributed by atoms with E-state index in [0.29, 0.717) is 55.5 Å². The van der Waals surface area contributed by atoms with Gasteiger partial charge in [0.25, 0.3) is 0 Å². The first-order chi connectivity index (χ1) is 18.3. The molecule has 214 valence electrons. The van der Waals surface area contributed by atoms with Crippen LogP contribution in [-0.2, 0) is 41.3 Å². The van der Waals surface area contributed by atoms with Crippen LogP contribution >= 0.6 is 0 Å². The van der Waals surface area contributed by atoms with Crippen LogP contribution in [0.25, 0.3) is 0 Å². The average Bonchev–Trinajstić information content (AvgIpc) is 3.51. The zero-order valence-electron chi connectivity index (χ0n) is 24.1. The Bertz CT molecular complexity index is 966. The topological polar surface area (TPSA) is 89.3 Å². The minimum atomic E-state index is -0.128. The summed E-state index contributed by atoms with van der Waals surface area (Å²) in [6.45, 7) is 7.89. The average molecular weight is 534 g/mol. The van der Waals surface area contributed by atoms with E-state index < -0.39 is 0 Å². The summed E-state index contributed by atoms with van der Waals surface area (Å²) >= 11 is 0. The molecule has 0 aliphatic heterocycles. The van der Waals surface area contributed by atoms with E-state index in [-0.39, 0.29) is 29.0 Å². The van der Waals surface area contributed by atoms with Crippen molar-refractivity contribution in [3.63, 3.8) is 0 Å². The van der Waals surface area contributed by atoms with Gasteiger partial charge < -0.3 is 28.2 Å². The first-order valence-corrected chi connectivity index (χ1v) is 14.5. The van der Waals surface area contributed by atoms with E-state index in [2.05, 4.69) is 25.9 Å². The van der Waals surface area contributed by atoms with Crippen LogP contribution in [0.3, 0.4) is 0 Å². The molecule has 0 radical (unpaired) electrons. The van der Waals surface area contributed by atoms with Gasteiger partial charge in [-0.25, -0.2) is 0 Å². The van der Waals surface area contributed by atoms with Crippen molar-refractivity contribution in [1.29, 1.82) is 0 Å². The number of rotatable bonds is 10. The van der Waals surface area contributed by atoms with Gasteiger partial charge in [0.2, 0.25) is 0 Å². The summed E-state index contributed by atoms with van der Waals surface area (Å²) in [4.78, 5) is 12.0. The lowest BCUT2D eigenvalue weighted by Gasteiger charge is -2.64. The van der Waals surface area contributed by atoms with Gasteiger partial charge in [-0.3, -0.25) is 4.79 Å². The minimum absolute atomic E-state index is 0.0237. The number of fused-ring (bicyclic) bond motifs is 6. The SMILES string of the molecule is COCO[C@H]1C[C@H]2[C@@H]([C@H](OCOC)C[C@@H]3Cc4oncc4C[C@@]32C)[C@@H]2CC[C@H]([C@H](C)CCC(=O)OC)[C@@]12C. The zero-order chi connectivity index (χ0) is 27.1. The molecule has 0 N–H and O–H groups in total. The maximum Gasteiger partial charge on any atom is 0.305 e. The van der Waals surface area contributed by atoms with Gasteiger partial charge in [0.1, 0.15) is 19.3 Å². The summed E-state index contributed by atoms with van der Waals surface area (Å²) < 4.78 is 34.6. The summed E-state index contributed by atoms with van der Waals surface area (Å²) in [6.07, 6.45) is 9.67. The molecule has 3 saturated carbocycles. The molecule has 0 spiro atoms. The van der Waals surface area contributed by atoms with Gasteiger partial charge in [-0.15, -0.1) is 0 Å². The number of carbonyl (C=O) groups is 1. The van der Waals surface area contributed by atoms with Gasteiger partial charge in [0, 0.05) is 38.0 Å². The fourth-order valence-electron chi connectivity index (χ4n) is 9.60. The highest BCUT2D eigenvalue weighted by atomic mass is 16.7. The first kappa shape index (κ1) is 28.1. The lowest BCUT2D eigenvalue weighted by Crippen LogP contribution is -2.63. The summed E-state index contributed by atoms with van der Waals surface area (Å²) in [7, 11) is 4.89. The Morgan fingerprint density at radius 1 is 1.11 bits per heavy atom. The Morgan fingerprint density at radius 3 is 2.61 bits per heavy atom. The number of methoxy groups -OCH3 is 3. The van der Waals surface area contributed by atoms with Crippen molar-refractivity contribution in [2.45, 2.75) is 84.3 Å². The third-order valence-corrected chi connectivity index (χ3v) is 11.4. The van der Waals surface area contributed by atoms with Crippen LogP contribution in [0.1, 0.15) is 70.6 Å². The smallest absolute Gasteiger partial charge is 0.305 e. The van der Waals surface area contributed by atoms with E-state index in [1.165, 1.54) is 12.7 Å². The van der Waals surface area contributed by atoms with Crippen molar-refractivity contribution >= 4 is 5.97 Å². The van der Waals surface area contributed by atoms with E-state index in [0.717, 1.165) is 50.7 Å². The Kier molecular flexibility index (Phi) is 8.26. The van der Waals surface area contributed by atoms with Crippen LogP contribution < -0.4 is 0 Å². The molecule has 0 unspecified atom stereocenters. The van der Waals surface area contributed by atoms with Crippen molar-refractivity contribution in [1.82, 2.24) is 5.16 Å². The lowest BCUT2D eigenvalue weighted by atomic mass is 9.43. The number of hydrogen-bond acceptors (Lipinski definition) is 8. The summed E-state index contributed by atoms with van der Waals surface area (Å²) in [6, 6.07) is 0. The van der Waals surface area contributed by atoms with Crippen molar-refractivity contribution < 1.29 is 33.0 Å². The molecule has 3 fully saturated rings. The fraction of sp³-hybridized carbons (Fsp3) is 0.867. The molecule has 0 saturated heterocycles. The highest BCUT2D eigenvalue weighted by Crippen LogP contribution is 2.68. The molecule has 8 heteroatoms. The Balaban J connectivity index is 1.50. The summed E-state index contributed by atoms with van der Waals surface area (Å²) in [5.74, 6) is 3.60. The molecule has 0 bridgehead atoms. The number of ether oxygens (including phenoxy) is 5. The third kappa shape index (κ3) is 4.63. The molecule has 38 heavy (non-hydrogen) atoms. The van der Waals surface area contributed by atoms with E-state index >= 15 is 0 Å². The third-order valence-electron chi connectivity index (χ3n) is 11.4. The molecule has 10 atom stereocenters. The van der Waals surface area contributed by atoms with E-state index in [9.17, 15) is 4.79 Å². The standard InChI is InChI=1S/C30H47NO7/c1-18(7-10-27(32)35-6)21-8-9-22-28-23(13-26(30(21,22)3)37-17-34-5)29(2)14-19-15-31-38-24(19)11-20(29)12-25(28)36-16-33-4/h15,18,20-23,25-26,28H,7-14,16-17H2,1-6H3/t18-,20+,21-,22+,23+,25-,26+,28+,29+,30-/m1/s1. The van der Waals surface area contributed by atoms with Crippen LogP contribution in [0.15, 0.2) is 10.7 Å². The van der Waals surface area contributed by atoms with Crippen LogP contribution in [0.4, 0.5) is 0 Å². The summed E-state index contributed by atoms with van der Waals surface area (Å²) in [5.41, 5.74) is 1.37. The number of esters is 1. The first-order valence-electron chi connectivity index (χ1n) is 14.5. The number of hydrogen-bond donors (Lipinski definition) is 0. The molecule has 8 nitrogen and oxygen atoms in total. The Morgan fingerprint density at radius 2 is 1.87 bits per heavy atom. The summed E-state index contributed by atoms with van der Waals surface area (Å²) in [5, 5.41) is 4.15. The second kappa shape index (κ2) is 11.2. The van der Waals surface area contributed by atoms with Crippen LogP contribution in [0, 0.1) is 46.3 Å². The van der Waals surface area contributed by atoms with Crippen LogP contribution in [0.2, 0.25) is 0 Å². The van der Waals surface area contributed by atoms with Crippen LogP contribution in [-0.4, -0.2) is 58.2 Å². The Labute approximate surface area is 227 Å². The highest BCUT2D eigenvalue weighted by molar-refractivity contribution is 5.69. The minimum Gasteiger partial charge on any atom is -0.469 e.